The van der Waals surface area contributed by atoms with Crippen molar-refractivity contribution in [3.8, 4) is 34.8 Å². The van der Waals surface area contributed by atoms with E-state index in [1.54, 1.807) is 34.6 Å². The molecule has 6 rings (SSSR count). The highest BCUT2D eigenvalue weighted by atomic mass is 16.4. The van der Waals surface area contributed by atoms with Crippen LogP contribution in [-0.4, -0.2) is 36.7 Å². The molecule has 0 spiro atoms. The largest absolute Gasteiger partial charge is 0.443 e. The number of aryl methyl sites for hydroxylation is 5. The molecule has 0 saturated heterocycles. The molecule has 2 amide bonds. The van der Waals surface area contributed by atoms with Gasteiger partial charge < -0.3 is 32.7 Å². The number of hydrogen-bond acceptors (Lipinski definition) is 12. The van der Waals surface area contributed by atoms with Gasteiger partial charge in [-0.15, -0.1) is 0 Å². The number of nitrogens with zero attached hydrogens (tertiary/aromatic N) is 5. The van der Waals surface area contributed by atoms with Crippen LogP contribution in [0.15, 0.2) is 22.1 Å². The molecule has 5 aromatic rings. The second-order valence-electron chi connectivity index (χ2n) is 8.66. The second kappa shape index (κ2) is 8.54. The highest BCUT2D eigenvalue weighted by molar-refractivity contribution is 5.94. The Balaban J connectivity index is 1.45. The van der Waals surface area contributed by atoms with Gasteiger partial charge in [0.1, 0.15) is 28.8 Å². The molecule has 1 aliphatic rings. The van der Waals surface area contributed by atoms with E-state index in [1.807, 2.05) is 0 Å². The Hall–Kier alpha value is -5.01. The maximum atomic E-state index is 12.8. The number of carbonyl (C=O) groups is 2. The summed E-state index contributed by atoms with van der Waals surface area (Å²) in [7, 11) is 0. The zero-order chi connectivity index (χ0) is 26.7. The molecule has 194 valence electrons. The Morgan fingerprint density at radius 2 is 0.789 bits per heavy atom. The van der Waals surface area contributed by atoms with E-state index in [-0.39, 0.29) is 65.5 Å². The lowest BCUT2D eigenvalue weighted by molar-refractivity contribution is 0.0934. The smallest absolute Gasteiger partial charge is 0.273 e. The number of carbonyl (C=O) groups excluding carboxylic acids is 2. The fourth-order valence-electron chi connectivity index (χ4n) is 4.04. The lowest BCUT2D eigenvalue weighted by Gasteiger charge is -2.00. The van der Waals surface area contributed by atoms with Crippen LogP contribution in [0.25, 0.3) is 34.8 Å². The van der Waals surface area contributed by atoms with E-state index in [0.29, 0.717) is 34.4 Å². The maximum absolute atomic E-state index is 12.8. The van der Waals surface area contributed by atoms with E-state index >= 15 is 0 Å². The SMILES string of the molecule is Cc1oc2nc1C(=O)NCc1nc(c(C)o1)-c1nc(c(C)o1)-c1nc(c(C)o1)-c1nc(c(C)o1)C(=O)NC2. The van der Waals surface area contributed by atoms with Crippen molar-refractivity contribution in [1.29, 1.82) is 0 Å². The number of fused-ring (bicyclic) bond motifs is 13. The monoisotopic (exact) mass is 519 g/mol. The van der Waals surface area contributed by atoms with Gasteiger partial charge in [0.2, 0.25) is 29.5 Å². The van der Waals surface area contributed by atoms with Gasteiger partial charge in [0.15, 0.2) is 28.5 Å². The summed E-state index contributed by atoms with van der Waals surface area (Å²) < 4.78 is 28.7. The number of rotatable bonds is 0. The van der Waals surface area contributed by atoms with Gasteiger partial charge in [-0.2, -0.15) is 0 Å². The molecule has 2 N–H and O–H groups in total. The Kier molecular flexibility index (Phi) is 5.26. The first-order chi connectivity index (χ1) is 18.2. The zero-order valence-electron chi connectivity index (χ0n) is 21.0. The molecule has 5 aromatic heterocycles. The van der Waals surface area contributed by atoms with Gasteiger partial charge in [0.05, 0.1) is 13.1 Å². The van der Waals surface area contributed by atoms with Crippen LogP contribution in [0.5, 0.6) is 0 Å². The molecule has 0 unspecified atom stereocenters. The van der Waals surface area contributed by atoms with E-state index in [0.717, 1.165) is 0 Å². The van der Waals surface area contributed by atoms with Crippen LogP contribution in [0.1, 0.15) is 61.6 Å². The summed E-state index contributed by atoms with van der Waals surface area (Å²) in [6, 6.07) is 0. The van der Waals surface area contributed by atoms with E-state index in [1.165, 1.54) is 0 Å². The molecule has 10 bridgehead atoms. The summed E-state index contributed by atoms with van der Waals surface area (Å²) in [5.41, 5.74) is 1.18. The number of oxazole rings is 5. The third-order valence-corrected chi connectivity index (χ3v) is 5.91. The van der Waals surface area contributed by atoms with Crippen LogP contribution in [-0.2, 0) is 13.1 Å². The van der Waals surface area contributed by atoms with Gasteiger partial charge in [-0.05, 0) is 34.6 Å². The Morgan fingerprint density at radius 3 is 1.29 bits per heavy atom. The molecule has 0 aromatic carbocycles. The van der Waals surface area contributed by atoms with Gasteiger partial charge in [0, 0.05) is 0 Å². The third kappa shape index (κ3) is 3.86. The van der Waals surface area contributed by atoms with E-state index in [4.69, 9.17) is 22.1 Å². The standard InChI is InChI=1S/C24H21N7O7/c1-8-15-20(32)25-7-14-28-17(10(3)35-14)22-30-19(12(5)37-22)24-31-18(11(4)38-24)23-29-16(9(2)36-23)21(33)26-6-13(27-15)34-8/h6-7H2,1-5H3,(H,25,32)(H,26,33). The topological polar surface area (TPSA) is 188 Å². The summed E-state index contributed by atoms with van der Waals surface area (Å²) in [6.45, 7) is 8.25. The lowest BCUT2D eigenvalue weighted by Crippen LogP contribution is -2.25. The number of amides is 2. The third-order valence-electron chi connectivity index (χ3n) is 5.91. The summed E-state index contributed by atoms with van der Waals surface area (Å²) in [4.78, 5) is 47.6. The molecule has 38 heavy (non-hydrogen) atoms. The first-order valence-electron chi connectivity index (χ1n) is 11.6. The van der Waals surface area contributed by atoms with Crippen LogP contribution in [0.4, 0.5) is 0 Å². The highest BCUT2D eigenvalue weighted by Gasteiger charge is 2.27. The Morgan fingerprint density at radius 1 is 0.474 bits per heavy atom. The molecule has 0 saturated carbocycles. The van der Waals surface area contributed by atoms with E-state index in [2.05, 4.69) is 35.6 Å². The lowest BCUT2D eigenvalue weighted by atomic mass is 10.3. The average Bonchev–Trinajstić information content (AvgIpc) is 3.67. The molecular weight excluding hydrogens is 498 g/mol. The first kappa shape index (κ1) is 23.4. The Bertz CT molecular complexity index is 1730. The molecule has 0 fully saturated rings. The van der Waals surface area contributed by atoms with Gasteiger partial charge in [-0.1, -0.05) is 0 Å². The van der Waals surface area contributed by atoms with Crippen molar-refractivity contribution in [2.45, 2.75) is 47.7 Å². The summed E-state index contributed by atoms with van der Waals surface area (Å²) in [5, 5.41) is 5.38. The predicted molar refractivity (Wildman–Crippen MR) is 126 cm³/mol. The summed E-state index contributed by atoms with van der Waals surface area (Å²) in [6.07, 6.45) is 0. The molecule has 14 heteroatoms. The average molecular weight is 519 g/mol. The number of hydrogen-bond donors (Lipinski definition) is 2. The molecular formula is C24H21N7O7. The van der Waals surface area contributed by atoms with Crippen LogP contribution in [0, 0.1) is 34.6 Å². The molecule has 0 atom stereocenters. The van der Waals surface area contributed by atoms with Crippen molar-refractivity contribution in [3.05, 3.63) is 52.0 Å². The molecule has 6 heterocycles. The molecule has 0 aliphatic carbocycles. The molecule has 14 nitrogen and oxygen atoms in total. The van der Waals surface area contributed by atoms with Crippen molar-refractivity contribution >= 4 is 11.8 Å². The number of aromatic nitrogens is 5. The van der Waals surface area contributed by atoms with Crippen LogP contribution >= 0.6 is 0 Å². The predicted octanol–water partition coefficient (Wildman–Crippen LogP) is 3.34. The van der Waals surface area contributed by atoms with E-state index < -0.39 is 11.8 Å². The Labute approximate surface area is 213 Å². The zero-order valence-corrected chi connectivity index (χ0v) is 21.0. The van der Waals surface area contributed by atoms with Gasteiger partial charge >= 0.3 is 0 Å². The van der Waals surface area contributed by atoms with E-state index in [9.17, 15) is 9.59 Å². The summed E-state index contributed by atoms with van der Waals surface area (Å²) >= 11 is 0. The minimum absolute atomic E-state index is 0.0135. The van der Waals surface area contributed by atoms with Crippen molar-refractivity contribution < 1.29 is 31.7 Å². The van der Waals surface area contributed by atoms with Crippen LogP contribution < -0.4 is 10.6 Å². The quantitative estimate of drug-likeness (QED) is 0.304. The first-order valence-corrected chi connectivity index (χ1v) is 11.6. The minimum Gasteiger partial charge on any atom is -0.443 e. The normalized spacial score (nSPS) is 13.7. The molecule has 0 radical (unpaired) electrons. The van der Waals surface area contributed by atoms with Crippen LogP contribution in [0.3, 0.4) is 0 Å². The summed E-state index contributed by atoms with van der Waals surface area (Å²) in [5.74, 6) is 1.74. The van der Waals surface area contributed by atoms with Crippen LogP contribution in [0.2, 0.25) is 0 Å². The fraction of sp³-hybridized carbons (Fsp3) is 0.292. The highest BCUT2D eigenvalue weighted by Crippen LogP contribution is 2.33. The number of nitrogens with one attached hydrogen (secondary N) is 2. The van der Waals surface area contributed by atoms with Gasteiger partial charge in [0.25, 0.3) is 11.8 Å². The van der Waals surface area contributed by atoms with Crippen molar-refractivity contribution in [2.75, 3.05) is 0 Å². The fourth-order valence-corrected chi connectivity index (χ4v) is 4.04. The van der Waals surface area contributed by atoms with Crippen molar-refractivity contribution in [1.82, 2.24) is 35.6 Å². The minimum atomic E-state index is -0.515. The molecule has 1 aliphatic heterocycles. The van der Waals surface area contributed by atoms with Crippen molar-refractivity contribution in [2.24, 2.45) is 0 Å². The van der Waals surface area contributed by atoms with Gasteiger partial charge in [-0.25, -0.2) is 24.9 Å². The second-order valence-corrected chi connectivity index (χ2v) is 8.66. The maximum Gasteiger partial charge on any atom is 0.273 e. The van der Waals surface area contributed by atoms with Gasteiger partial charge in [-0.3, -0.25) is 9.59 Å². The van der Waals surface area contributed by atoms with Crippen molar-refractivity contribution in [3.63, 3.8) is 0 Å².